The molecule has 0 aliphatic rings. The molecule has 0 unspecified atom stereocenters. The summed E-state index contributed by atoms with van der Waals surface area (Å²) in [6.07, 6.45) is 0. The summed E-state index contributed by atoms with van der Waals surface area (Å²) in [6.45, 7) is 0. The molecular formula is C19H15F. The summed E-state index contributed by atoms with van der Waals surface area (Å²) >= 11 is 0. The van der Waals surface area contributed by atoms with Crippen molar-refractivity contribution in [3.63, 3.8) is 0 Å². The minimum atomic E-state index is -0.200. The highest BCUT2D eigenvalue weighted by atomic mass is 19.1. The number of hydrogen-bond donors (Lipinski definition) is 0. The van der Waals surface area contributed by atoms with Crippen molar-refractivity contribution in [3.05, 3.63) is 107 Å². The normalized spacial score (nSPS) is 10.7. The van der Waals surface area contributed by atoms with Gasteiger partial charge in [-0.15, -0.1) is 0 Å². The molecule has 0 N–H and O–H groups in total. The molecule has 0 amide bonds. The minimum absolute atomic E-state index is 0.137. The van der Waals surface area contributed by atoms with Gasteiger partial charge in [0, 0.05) is 5.92 Å². The topological polar surface area (TPSA) is 0 Å². The van der Waals surface area contributed by atoms with E-state index in [-0.39, 0.29) is 11.7 Å². The lowest BCUT2D eigenvalue weighted by atomic mass is 9.85. The van der Waals surface area contributed by atoms with Gasteiger partial charge >= 0.3 is 0 Å². The van der Waals surface area contributed by atoms with Gasteiger partial charge in [0.15, 0.2) is 0 Å². The van der Waals surface area contributed by atoms with Crippen molar-refractivity contribution in [1.82, 2.24) is 0 Å². The van der Waals surface area contributed by atoms with Gasteiger partial charge in [-0.05, 0) is 28.8 Å². The molecule has 0 nitrogen and oxygen atoms in total. The lowest BCUT2D eigenvalue weighted by Gasteiger charge is -2.18. The molecule has 0 spiro atoms. The van der Waals surface area contributed by atoms with Crippen molar-refractivity contribution >= 4 is 0 Å². The van der Waals surface area contributed by atoms with Crippen LogP contribution in [0.15, 0.2) is 84.9 Å². The van der Waals surface area contributed by atoms with E-state index in [0.717, 1.165) is 5.56 Å². The van der Waals surface area contributed by atoms with Crippen LogP contribution < -0.4 is 0 Å². The average Bonchev–Trinajstić information content (AvgIpc) is 2.52. The number of rotatable bonds is 3. The first kappa shape index (κ1) is 12.6. The molecule has 3 aromatic carbocycles. The molecule has 3 rings (SSSR count). The molecule has 1 heteroatoms. The van der Waals surface area contributed by atoms with Gasteiger partial charge in [-0.2, -0.15) is 0 Å². The van der Waals surface area contributed by atoms with E-state index in [1.807, 2.05) is 48.5 Å². The second kappa shape index (κ2) is 5.70. The summed E-state index contributed by atoms with van der Waals surface area (Å²) in [5.74, 6) is -0.0633. The van der Waals surface area contributed by atoms with Crippen molar-refractivity contribution in [2.75, 3.05) is 0 Å². The predicted molar refractivity (Wildman–Crippen MR) is 80.2 cm³/mol. The summed E-state index contributed by atoms with van der Waals surface area (Å²) < 4.78 is 13.2. The first-order chi connectivity index (χ1) is 9.84. The Morgan fingerprint density at radius 1 is 0.500 bits per heavy atom. The van der Waals surface area contributed by atoms with E-state index < -0.39 is 0 Å². The van der Waals surface area contributed by atoms with Gasteiger partial charge in [0.25, 0.3) is 0 Å². The molecule has 0 aromatic heterocycles. The fraction of sp³-hybridized carbons (Fsp3) is 0.0526. The lowest BCUT2D eigenvalue weighted by Crippen LogP contribution is -2.03. The van der Waals surface area contributed by atoms with Crippen LogP contribution in [-0.2, 0) is 0 Å². The zero-order valence-electron chi connectivity index (χ0n) is 11.0. The van der Waals surface area contributed by atoms with Crippen LogP contribution in [0.5, 0.6) is 0 Å². The van der Waals surface area contributed by atoms with E-state index in [0.29, 0.717) is 0 Å². The second-order valence-electron chi connectivity index (χ2n) is 4.81. The number of halogens is 1. The molecule has 0 saturated carbocycles. The van der Waals surface area contributed by atoms with Gasteiger partial charge in [-0.1, -0.05) is 72.8 Å². The minimum Gasteiger partial charge on any atom is -0.207 e. The molecule has 0 fully saturated rings. The zero-order chi connectivity index (χ0) is 13.8. The highest BCUT2D eigenvalue weighted by Gasteiger charge is 2.15. The maximum atomic E-state index is 13.2. The Labute approximate surface area is 118 Å². The van der Waals surface area contributed by atoms with Crippen molar-refractivity contribution in [2.45, 2.75) is 5.92 Å². The van der Waals surface area contributed by atoms with Gasteiger partial charge < -0.3 is 0 Å². The number of hydrogen-bond acceptors (Lipinski definition) is 0. The average molecular weight is 262 g/mol. The van der Waals surface area contributed by atoms with Gasteiger partial charge in [-0.3, -0.25) is 0 Å². The summed E-state index contributed by atoms with van der Waals surface area (Å²) in [5, 5.41) is 0. The maximum Gasteiger partial charge on any atom is 0.123 e. The van der Waals surface area contributed by atoms with Crippen molar-refractivity contribution < 1.29 is 4.39 Å². The van der Waals surface area contributed by atoms with E-state index in [2.05, 4.69) is 24.3 Å². The number of benzene rings is 3. The molecule has 98 valence electrons. The highest BCUT2D eigenvalue weighted by Crippen LogP contribution is 2.31. The second-order valence-corrected chi connectivity index (χ2v) is 4.81. The van der Waals surface area contributed by atoms with Gasteiger partial charge in [0.2, 0.25) is 0 Å². The summed E-state index contributed by atoms with van der Waals surface area (Å²) in [6, 6.07) is 27.4. The van der Waals surface area contributed by atoms with Gasteiger partial charge in [0.1, 0.15) is 5.82 Å². The maximum absolute atomic E-state index is 13.2. The molecule has 0 aliphatic carbocycles. The van der Waals surface area contributed by atoms with E-state index in [4.69, 9.17) is 0 Å². The van der Waals surface area contributed by atoms with Crippen molar-refractivity contribution in [1.29, 1.82) is 0 Å². The lowest BCUT2D eigenvalue weighted by molar-refractivity contribution is 0.627. The first-order valence-electron chi connectivity index (χ1n) is 6.70. The largest absolute Gasteiger partial charge is 0.207 e. The molecule has 20 heavy (non-hydrogen) atoms. The predicted octanol–water partition coefficient (Wildman–Crippen LogP) is 5.01. The summed E-state index contributed by atoms with van der Waals surface area (Å²) in [5.41, 5.74) is 3.53. The first-order valence-corrected chi connectivity index (χ1v) is 6.70. The van der Waals surface area contributed by atoms with Crippen molar-refractivity contribution in [3.8, 4) is 0 Å². The van der Waals surface area contributed by atoms with Crippen LogP contribution in [0.4, 0.5) is 4.39 Å². The third-order valence-corrected chi connectivity index (χ3v) is 3.47. The van der Waals surface area contributed by atoms with Gasteiger partial charge in [0.05, 0.1) is 0 Å². The van der Waals surface area contributed by atoms with Crippen LogP contribution >= 0.6 is 0 Å². The Bertz CT molecular complexity index is 618. The molecule has 0 saturated heterocycles. The van der Waals surface area contributed by atoms with E-state index >= 15 is 0 Å². The summed E-state index contributed by atoms with van der Waals surface area (Å²) in [4.78, 5) is 0. The molecule has 0 radical (unpaired) electrons. The third kappa shape index (κ3) is 2.62. The van der Waals surface area contributed by atoms with E-state index in [9.17, 15) is 4.39 Å². The molecular weight excluding hydrogens is 247 g/mol. The van der Waals surface area contributed by atoms with Crippen LogP contribution in [-0.4, -0.2) is 0 Å². The molecule has 0 bridgehead atoms. The van der Waals surface area contributed by atoms with Crippen LogP contribution in [0, 0.1) is 5.82 Å². The fourth-order valence-electron chi connectivity index (χ4n) is 2.52. The van der Waals surface area contributed by atoms with Crippen LogP contribution in [0.1, 0.15) is 22.6 Å². The monoisotopic (exact) mass is 262 g/mol. The van der Waals surface area contributed by atoms with E-state index in [1.54, 1.807) is 0 Å². The fourth-order valence-corrected chi connectivity index (χ4v) is 2.52. The highest BCUT2D eigenvalue weighted by molar-refractivity contribution is 5.42. The quantitative estimate of drug-likeness (QED) is 0.582. The molecule has 0 atom stereocenters. The van der Waals surface area contributed by atoms with E-state index in [1.165, 1.54) is 23.3 Å². The zero-order valence-corrected chi connectivity index (χ0v) is 11.0. The smallest absolute Gasteiger partial charge is 0.123 e. The van der Waals surface area contributed by atoms with Gasteiger partial charge in [-0.25, -0.2) is 4.39 Å². The Morgan fingerprint density at radius 3 is 1.35 bits per heavy atom. The third-order valence-electron chi connectivity index (χ3n) is 3.47. The SMILES string of the molecule is Fc1ccc(C(c2ccccc2)c2ccccc2)cc1. The Hall–Kier alpha value is -2.41. The Kier molecular flexibility index (Phi) is 3.60. The van der Waals surface area contributed by atoms with Crippen LogP contribution in [0.2, 0.25) is 0 Å². The van der Waals surface area contributed by atoms with Crippen molar-refractivity contribution in [2.24, 2.45) is 0 Å². The molecule has 0 aliphatic heterocycles. The Morgan fingerprint density at radius 2 is 0.900 bits per heavy atom. The summed E-state index contributed by atoms with van der Waals surface area (Å²) in [7, 11) is 0. The van der Waals surface area contributed by atoms with Crippen LogP contribution in [0.25, 0.3) is 0 Å². The molecule has 3 aromatic rings. The molecule has 0 heterocycles. The standard InChI is InChI=1S/C19H15F/c20-18-13-11-17(12-14-18)19(15-7-3-1-4-8-15)16-9-5-2-6-10-16/h1-14,19H. The van der Waals surface area contributed by atoms with Crippen LogP contribution in [0.3, 0.4) is 0 Å². The Balaban J connectivity index is 2.11.